The van der Waals surface area contributed by atoms with Crippen LogP contribution in [0.2, 0.25) is 0 Å². The average molecular weight is 281 g/mol. The van der Waals surface area contributed by atoms with Gasteiger partial charge in [-0.25, -0.2) is 0 Å². The average Bonchev–Trinajstić information content (AvgIpc) is 2.42. The summed E-state index contributed by atoms with van der Waals surface area (Å²) in [6, 6.07) is 4.04. The molecule has 0 spiro atoms. The van der Waals surface area contributed by atoms with Gasteiger partial charge in [-0.2, -0.15) is 0 Å². The number of phenolic OH excluding ortho intramolecular Hbond substituents is 1. The van der Waals surface area contributed by atoms with Crippen molar-refractivity contribution in [3.8, 4) is 11.5 Å². The van der Waals surface area contributed by atoms with Gasteiger partial charge >= 0.3 is 5.97 Å². The highest BCUT2D eigenvalue weighted by atomic mass is 16.5. The minimum Gasteiger partial charge on any atom is -0.504 e. The SMILES string of the molecule is CCC(C)N(CC(=O)O)C(=O)c1ccc(OC)c(O)c1. The molecule has 0 aliphatic rings. The van der Waals surface area contributed by atoms with Gasteiger partial charge in [-0.3, -0.25) is 9.59 Å². The second-order valence-electron chi connectivity index (χ2n) is 4.47. The van der Waals surface area contributed by atoms with E-state index in [0.717, 1.165) is 0 Å². The smallest absolute Gasteiger partial charge is 0.323 e. The van der Waals surface area contributed by atoms with Crippen LogP contribution < -0.4 is 4.74 Å². The van der Waals surface area contributed by atoms with Crippen LogP contribution in [-0.4, -0.2) is 46.7 Å². The summed E-state index contributed by atoms with van der Waals surface area (Å²) in [6.07, 6.45) is 0.640. The molecule has 0 saturated heterocycles. The van der Waals surface area contributed by atoms with Crippen molar-refractivity contribution in [2.45, 2.75) is 26.3 Å². The van der Waals surface area contributed by atoms with E-state index in [4.69, 9.17) is 9.84 Å². The van der Waals surface area contributed by atoms with E-state index >= 15 is 0 Å². The van der Waals surface area contributed by atoms with Crippen LogP contribution in [0.15, 0.2) is 18.2 Å². The van der Waals surface area contributed by atoms with Gasteiger partial charge in [0, 0.05) is 11.6 Å². The topological polar surface area (TPSA) is 87.1 Å². The van der Waals surface area contributed by atoms with Crippen LogP contribution in [0.3, 0.4) is 0 Å². The van der Waals surface area contributed by atoms with E-state index in [-0.39, 0.29) is 29.6 Å². The highest BCUT2D eigenvalue weighted by molar-refractivity contribution is 5.96. The van der Waals surface area contributed by atoms with Crippen LogP contribution in [0.1, 0.15) is 30.6 Å². The number of rotatable bonds is 6. The van der Waals surface area contributed by atoms with Crippen LogP contribution in [0.4, 0.5) is 0 Å². The number of benzene rings is 1. The van der Waals surface area contributed by atoms with Crippen LogP contribution in [0, 0.1) is 0 Å². The van der Waals surface area contributed by atoms with Crippen LogP contribution in [-0.2, 0) is 4.79 Å². The normalized spacial score (nSPS) is 11.8. The van der Waals surface area contributed by atoms with Crippen molar-refractivity contribution in [2.24, 2.45) is 0 Å². The molecule has 1 atom stereocenters. The zero-order chi connectivity index (χ0) is 15.3. The van der Waals surface area contributed by atoms with Gasteiger partial charge in [-0.05, 0) is 31.5 Å². The molecule has 1 aromatic carbocycles. The van der Waals surface area contributed by atoms with E-state index in [1.807, 2.05) is 6.92 Å². The van der Waals surface area contributed by atoms with Crippen LogP contribution in [0.5, 0.6) is 11.5 Å². The third-order valence-corrected chi connectivity index (χ3v) is 3.12. The molecule has 2 N–H and O–H groups in total. The number of hydrogen-bond acceptors (Lipinski definition) is 4. The Balaban J connectivity index is 3.05. The molecule has 0 radical (unpaired) electrons. The maximum atomic E-state index is 12.3. The summed E-state index contributed by atoms with van der Waals surface area (Å²) in [5.74, 6) is -1.40. The summed E-state index contributed by atoms with van der Waals surface area (Å²) < 4.78 is 4.90. The summed E-state index contributed by atoms with van der Waals surface area (Å²) in [5.41, 5.74) is 0.227. The van der Waals surface area contributed by atoms with E-state index in [0.29, 0.717) is 6.42 Å². The fraction of sp³-hybridized carbons (Fsp3) is 0.429. The Labute approximate surface area is 117 Å². The lowest BCUT2D eigenvalue weighted by Gasteiger charge is -2.27. The number of nitrogens with zero attached hydrogens (tertiary/aromatic N) is 1. The molecule has 110 valence electrons. The third-order valence-electron chi connectivity index (χ3n) is 3.12. The van der Waals surface area contributed by atoms with Gasteiger partial charge in [-0.15, -0.1) is 0 Å². The number of carbonyl (C=O) groups excluding carboxylic acids is 1. The standard InChI is InChI=1S/C14H19NO5/c1-4-9(2)15(8-13(17)18)14(19)10-5-6-12(20-3)11(16)7-10/h5-7,9,16H,4,8H2,1-3H3,(H,17,18). The molecule has 1 unspecified atom stereocenters. The first-order valence-electron chi connectivity index (χ1n) is 6.30. The van der Waals surface area contributed by atoms with E-state index in [1.165, 1.54) is 30.2 Å². The van der Waals surface area contributed by atoms with Crippen LogP contribution in [0.25, 0.3) is 0 Å². The van der Waals surface area contributed by atoms with Gasteiger partial charge in [0.15, 0.2) is 11.5 Å². The first kappa shape index (κ1) is 15.8. The zero-order valence-corrected chi connectivity index (χ0v) is 11.8. The lowest BCUT2D eigenvalue weighted by molar-refractivity contribution is -0.138. The molecule has 0 heterocycles. The Hall–Kier alpha value is -2.24. The number of phenols is 1. The lowest BCUT2D eigenvalue weighted by atomic mass is 10.1. The minimum absolute atomic E-state index is 0.155. The molecule has 6 heteroatoms. The fourth-order valence-electron chi connectivity index (χ4n) is 1.78. The predicted octanol–water partition coefficient (Wildman–Crippen LogP) is 1.73. The monoisotopic (exact) mass is 281 g/mol. The second-order valence-corrected chi connectivity index (χ2v) is 4.47. The molecule has 1 aromatic rings. The van der Waals surface area contributed by atoms with Crippen molar-refractivity contribution in [3.63, 3.8) is 0 Å². The molecule has 0 saturated carbocycles. The lowest BCUT2D eigenvalue weighted by Crippen LogP contribution is -2.41. The molecule has 0 fully saturated rings. The summed E-state index contributed by atoms with van der Waals surface area (Å²) in [6.45, 7) is 3.28. The quantitative estimate of drug-likeness (QED) is 0.829. The van der Waals surface area contributed by atoms with Crippen LogP contribution >= 0.6 is 0 Å². The molecule has 0 aromatic heterocycles. The molecular formula is C14H19NO5. The highest BCUT2D eigenvalue weighted by Gasteiger charge is 2.23. The van der Waals surface area contributed by atoms with Crippen molar-refractivity contribution in [1.82, 2.24) is 4.90 Å². The Morgan fingerprint density at radius 1 is 1.40 bits per heavy atom. The highest BCUT2D eigenvalue weighted by Crippen LogP contribution is 2.27. The maximum absolute atomic E-state index is 12.3. The molecule has 20 heavy (non-hydrogen) atoms. The number of hydrogen-bond donors (Lipinski definition) is 2. The molecule has 6 nitrogen and oxygen atoms in total. The first-order valence-corrected chi connectivity index (χ1v) is 6.30. The van der Waals surface area contributed by atoms with Crippen molar-refractivity contribution in [1.29, 1.82) is 0 Å². The van der Waals surface area contributed by atoms with E-state index < -0.39 is 11.9 Å². The molecule has 1 amide bonds. The number of aromatic hydroxyl groups is 1. The first-order chi connectivity index (χ1) is 9.40. The van der Waals surface area contributed by atoms with E-state index in [2.05, 4.69) is 0 Å². The Kier molecular flexibility index (Phi) is 5.37. The second kappa shape index (κ2) is 6.79. The summed E-state index contributed by atoms with van der Waals surface area (Å²) in [4.78, 5) is 24.5. The van der Waals surface area contributed by atoms with Gasteiger partial charge in [0.2, 0.25) is 0 Å². The number of carboxylic acids is 1. The van der Waals surface area contributed by atoms with Gasteiger partial charge in [0.1, 0.15) is 6.54 Å². The van der Waals surface area contributed by atoms with E-state index in [9.17, 15) is 14.7 Å². The number of methoxy groups -OCH3 is 1. The number of aliphatic carboxylic acids is 1. The van der Waals surface area contributed by atoms with Gasteiger partial charge in [0.05, 0.1) is 7.11 Å². The van der Waals surface area contributed by atoms with E-state index in [1.54, 1.807) is 6.92 Å². The molecular weight excluding hydrogens is 262 g/mol. The number of amides is 1. The predicted molar refractivity (Wildman–Crippen MR) is 73.1 cm³/mol. The van der Waals surface area contributed by atoms with Gasteiger partial charge in [0.25, 0.3) is 5.91 Å². The molecule has 0 bridgehead atoms. The largest absolute Gasteiger partial charge is 0.504 e. The summed E-state index contributed by atoms with van der Waals surface area (Å²) >= 11 is 0. The Morgan fingerprint density at radius 2 is 2.05 bits per heavy atom. The summed E-state index contributed by atoms with van der Waals surface area (Å²) in [7, 11) is 1.41. The maximum Gasteiger partial charge on any atom is 0.323 e. The fourth-order valence-corrected chi connectivity index (χ4v) is 1.78. The van der Waals surface area contributed by atoms with Gasteiger partial charge in [-0.1, -0.05) is 6.92 Å². The summed E-state index contributed by atoms with van der Waals surface area (Å²) in [5, 5.41) is 18.6. The third kappa shape index (κ3) is 3.63. The number of carboxylic acid groups (broad SMARTS) is 1. The van der Waals surface area contributed by atoms with Crippen molar-refractivity contribution < 1.29 is 24.5 Å². The van der Waals surface area contributed by atoms with Crippen molar-refractivity contribution >= 4 is 11.9 Å². The van der Waals surface area contributed by atoms with Crippen molar-refractivity contribution in [2.75, 3.05) is 13.7 Å². The molecule has 0 aliphatic carbocycles. The van der Waals surface area contributed by atoms with Crippen molar-refractivity contribution in [3.05, 3.63) is 23.8 Å². The number of ether oxygens (including phenoxy) is 1. The zero-order valence-electron chi connectivity index (χ0n) is 11.8. The Morgan fingerprint density at radius 3 is 2.50 bits per heavy atom. The molecule has 1 rings (SSSR count). The van der Waals surface area contributed by atoms with Gasteiger partial charge < -0.3 is 19.8 Å². The Bertz CT molecular complexity index is 500. The molecule has 0 aliphatic heterocycles. The minimum atomic E-state index is -1.07. The number of carbonyl (C=O) groups is 2.